The van der Waals surface area contributed by atoms with E-state index >= 15 is 0 Å². The highest BCUT2D eigenvalue weighted by atomic mass is 32.2. The first-order valence-electron chi connectivity index (χ1n) is 6.53. The third-order valence-corrected chi connectivity index (χ3v) is 4.56. The number of nitrogens with one attached hydrogen (secondary N) is 1. The molecule has 124 valence electrons. The van der Waals surface area contributed by atoms with E-state index < -0.39 is 21.7 Å². The number of ether oxygens (including phenoxy) is 2. The molecule has 0 aliphatic carbocycles. The van der Waals surface area contributed by atoms with Crippen molar-refractivity contribution in [2.24, 2.45) is 0 Å². The number of rotatable bonds is 6. The number of benzene rings is 2. The number of halogens is 2. The van der Waals surface area contributed by atoms with Crippen LogP contribution in [0.4, 0.5) is 8.78 Å². The molecule has 0 fully saturated rings. The lowest BCUT2D eigenvalue weighted by Gasteiger charge is -2.12. The maximum Gasteiger partial charge on any atom is 0.244 e. The van der Waals surface area contributed by atoms with Crippen molar-refractivity contribution in [1.29, 1.82) is 0 Å². The summed E-state index contributed by atoms with van der Waals surface area (Å²) in [7, 11) is -1.22. The van der Waals surface area contributed by atoms with Crippen LogP contribution in [-0.2, 0) is 16.6 Å². The topological polar surface area (TPSA) is 64.6 Å². The van der Waals surface area contributed by atoms with E-state index in [4.69, 9.17) is 9.47 Å². The fraction of sp³-hybridized carbons (Fsp3) is 0.200. The minimum absolute atomic E-state index is 0.0802. The summed E-state index contributed by atoms with van der Waals surface area (Å²) in [6.45, 7) is -0.388. The van der Waals surface area contributed by atoms with Gasteiger partial charge in [0.25, 0.3) is 0 Å². The van der Waals surface area contributed by atoms with Gasteiger partial charge in [0.05, 0.1) is 14.2 Å². The number of methoxy groups -OCH3 is 2. The number of sulfonamides is 1. The van der Waals surface area contributed by atoms with Gasteiger partial charge in [-0.3, -0.25) is 0 Å². The van der Waals surface area contributed by atoms with Crippen molar-refractivity contribution in [3.05, 3.63) is 53.6 Å². The van der Waals surface area contributed by atoms with Crippen LogP contribution < -0.4 is 14.2 Å². The van der Waals surface area contributed by atoms with E-state index in [0.717, 1.165) is 18.2 Å². The summed E-state index contributed by atoms with van der Waals surface area (Å²) in [6, 6.07) is 7.01. The van der Waals surface area contributed by atoms with Crippen LogP contribution in [0.2, 0.25) is 0 Å². The van der Waals surface area contributed by atoms with Crippen LogP contribution in [0.5, 0.6) is 11.5 Å². The molecule has 8 heteroatoms. The van der Waals surface area contributed by atoms with Crippen molar-refractivity contribution in [2.45, 2.75) is 11.4 Å². The van der Waals surface area contributed by atoms with Crippen molar-refractivity contribution in [1.82, 2.24) is 4.72 Å². The molecule has 0 aliphatic rings. The molecule has 0 saturated heterocycles. The highest BCUT2D eigenvalue weighted by molar-refractivity contribution is 7.89. The lowest BCUT2D eigenvalue weighted by atomic mass is 10.2. The molecule has 0 radical (unpaired) electrons. The van der Waals surface area contributed by atoms with Crippen LogP contribution >= 0.6 is 0 Å². The Balaban J connectivity index is 2.27. The van der Waals surface area contributed by atoms with E-state index in [2.05, 4.69) is 4.72 Å². The molecule has 0 saturated carbocycles. The quantitative estimate of drug-likeness (QED) is 0.875. The van der Waals surface area contributed by atoms with Crippen molar-refractivity contribution in [2.75, 3.05) is 14.2 Å². The molecule has 23 heavy (non-hydrogen) atoms. The van der Waals surface area contributed by atoms with E-state index in [9.17, 15) is 17.2 Å². The zero-order chi connectivity index (χ0) is 17.0. The SMILES string of the molecule is COc1ccc(S(=O)(=O)NCc2cc(F)ccc2F)c(OC)c1. The van der Waals surface area contributed by atoms with E-state index in [1.165, 1.54) is 32.4 Å². The maximum atomic E-state index is 13.5. The van der Waals surface area contributed by atoms with E-state index in [1.54, 1.807) is 0 Å². The van der Waals surface area contributed by atoms with Crippen LogP contribution in [0.3, 0.4) is 0 Å². The maximum absolute atomic E-state index is 13.5. The number of hydrogen-bond acceptors (Lipinski definition) is 4. The molecule has 2 rings (SSSR count). The summed E-state index contributed by atoms with van der Waals surface area (Å²) in [5, 5.41) is 0. The second-order valence-corrected chi connectivity index (χ2v) is 6.31. The van der Waals surface area contributed by atoms with Gasteiger partial charge in [-0.15, -0.1) is 0 Å². The monoisotopic (exact) mass is 343 g/mol. The highest BCUT2D eigenvalue weighted by Crippen LogP contribution is 2.28. The molecule has 0 aromatic heterocycles. The van der Waals surface area contributed by atoms with Gasteiger partial charge in [0.2, 0.25) is 10.0 Å². The van der Waals surface area contributed by atoms with Crippen LogP contribution in [0.25, 0.3) is 0 Å². The Kier molecular flexibility index (Phi) is 5.17. The predicted molar refractivity (Wildman–Crippen MR) is 79.9 cm³/mol. The van der Waals surface area contributed by atoms with Gasteiger partial charge in [0.15, 0.2) is 0 Å². The molecule has 0 bridgehead atoms. The van der Waals surface area contributed by atoms with E-state index in [0.29, 0.717) is 5.75 Å². The Bertz CT molecular complexity index is 809. The molecule has 0 atom stereocenters. The molecule has 5 nitrogen and oxygen atoms in total. The minimum atomic E-state index is -3.98. The molecule has 2 aromatic rings. The minimum Gasteiger partial charge on any atom is -0.497 e. The normalized spacial score (nSPS) is 11.3. The Morgan fingerprint density at radius 3 is 2.43 bits per heavy atom. The van der Waals surface area contributed by atoms with Crippen molar-refractivity contribution in [3.8, 4) is 11.5 Å². The van der Waals surface area contributed by atoms with Crippen LogP contribution in [-0.4, -0.2) is 22.6 Å². The third-order valence-electron chi connectivity index (χ3n) is 3.12. The van der Waals surface area contributed by atoms with E-state index in [-0.39, 0.29) is 22.8 Å². The average molecular weight is 343 g/mol. The standard InChI is InChI=1S/C15H15F2NO4S/c1-21-12-4-6-15(14(8-12)22-2)23(19,20)18-9-10-7-11(16)3-5-13(10)17/h3-8,18H,9H2,1-2H3. The van der Waals surface area contributed by atoms with Crippen LogP contribution in [0.1, 0.15) is 5.56 Å². The van der Waals surface area contributed by atoms with Crippen molar-refractivity contribution >= 4 is 10.0 Å². The first-order valence-corrected chi connectivity index (χ1v) is 8.01. The summed E-state index contributed by atoms with van der Waals surface area (Å²) in [4.78, 5) is -0.127. The molecular formula is C15H15F2NO4S. The van der Waals surface area contributed by atoms with Gasteiger partial charge in [-0.25, -0.2) is 21.9 Å². The molecule has 0 spiro atoms. The lowest BCUT2D eigenvalue weighted by Crippen LogP contribution is -2.24. The van der Waals surface area contributed by atoms with E-state index in [1.807, 2.05) is 0 Å². The smallest absolute Gasteiger partial charge is 0.244 e. The second kappa shape index (κ2) is 6.93. The van der Waals surface area contributed by atoms with Gasteiger partial charge in [-0.2, -0.15) is 0 Å². The van der Waals surface area contributed by atoms with Crippen LogP contribution in [0, 0.1) is 11.6 Å². The fourth-order valence-corrected chi connectivity index (χ4v) is 3.08. The summed E-state index contributed by atoms with van der Waals surface area (Å²) in [5.74, 6) is -0.841. The second-order valence-electron chi connectivity index (χ2n) is 4.58. The average Bonchev–Trinajstić information content (AvgIpc) is 2.55. The van der Waals surface area contributed by atoms with Gasteiger partial charge >= 0.3 is 0 Å². The summed E-state index contributed by atoms with van der Waals surface area (Å²) >= 11 is 0. The summed E-state index contributed by atoms with van der Waals surface area (Å²) in [5.41, 5.74) is -0.0962. The molecular weight excluding hydrogens is 328 g/mol. The van der Waals surface area contributed by atoms with Crippen LogP contribution in [0.15, 0.2) is 41.3 Å². The Labute approximate surface area is 132 Å². The Morgan fingerprint density at radius 2 is 1.78 bits per heavy atom. The largest absolute Gasteiger partial charge is 0.497 e. The molecule has 0 unspecified atom stereocenters. The molecule has 2 aromatic carbocycles. The van der Waals surface area contributed by atoms with Gasteiger partial charge < -0.3 is 9.47 Å². The lowest BCUT2D eigenvalue weighted by molar-refractivity contribution is 0.386. The summed E-state index contributed by atoms with van der Waals surface area (Å²) < 4.78 is 63.6. The third kappa shape index (κ3) is 3.96. The first-order chi connectivity index (χ1) is 10.9. The summed E-state index contributed by atoms with van der Waals surface area (Å²) in [6.07, 6.45) is 0. The fourth-order valence-electron chi connectivity index (χ4n) is 1.93. The van der Waals surface area contributed by atoms with Gasteiger partial charge in [0, 0.05) is 18.2 Å². The van der Waals surface area contributed by atoms with Gasteiger partial charge in [0.1, 0.15) is 28.0 Å². The molecule has 0 aliphatic heterocycles. The molecule has 1 N–H and O–H groups in total. The predicted octanol–water partition coefficient (Wildman–Crippen LogP) is 2.46. The van der Waals surface area contributed by atoms with Crippen molar-refractivity contribution < 1.29 is 26.7 Å². The molecule has 0 heterocycles. The highest BCUT2D eigenvalue weighted by Gasteiger charge is 2.20. The zero-order valence-corrected chi connectivity index (χ0v) is 13.3. The zero-order valence-electron chi connectivity index (χ0n) is 12.5. The first kappa shape index (κ1) is 17.2. The van der Waals surface area contributed by atoms with Gasteiger partial charge in [-0.1, -0.05) is 0 Å². The molecule has 0 amide bonds. The Hall–Kier alpha value is -2.19. The number of hydrogen-bond donors (Lipinski definition) is 1. The van der Waals surface area contributed by atoms with Gasteiger partial charge in [-0.05, 0) is 30.3 Å². The van der Waals surface area contributed by atoms with Crippen molar-refractivity contribution in [3.63, 3.8) is 0 Å². The Morgan fingerprint density at radius 1 is 1.04 bits per heavy atom.